The average molecular weight is 510 g/mol. The van der Waals surface area contributed by atoms with Crippen LogP contribution >= 0.6 is 0 Å². The number of fused-ring (bicyclic) bond motifs is 1. The Labute approximate surface area is 222 Å². The first-order chi connectivity index (χ1) is 18.5. The minimum Gasteiger partial charge on any atom is -0.489 e. The van der Waals surface area contributed by atoms with E-state index in [4.69, 9.17) is 20.2 Å². The fourth-order valence-electron chi connectivity index (χ4n) is 5.23. The van der Waals surface area contributed by atoms with Crippen molar-refractivity contribution in [2.75, 3.05) is 19.7 Å². The second-order valence-electron chi connectivity index (χ2n) is 9.62. The summed E-state index contributed by atoms with van der Waals surface area (Å²) in [5, 5.41) is 4.20. The molecule has 194 valence electrons. The van der Waals surface area contributed by atoms with E-state index < -0.39 is 23.2 Å². The van der Waals surface area contributed by atoms with Crippen molar-refractivity contribution >= 4 is 22.8 Å². The number of carbonyl (C=O) groups excluding carboxylic acids is 2. The third-order valence-corrected chi connectivity index (χ3v) is 7.19. The van der Waals surface area contributed by atoms with E-state index in [1.54, 1.807) is 6.92 Å². The van der Waals surface area contributed by atoms with Gasteiger partial charge in [0.1, 0.15) is 12.4 Å². The highest BCUT2D eigenvalue weighted by atomic mass is 16.5. The minimum absolute atomic E-state index is 0.245. The second kappa shape index (κ2) is 11.0. The summed E-state index contributed by atoms with van der Waals surface area (Å²) in [6.07, 6.45) is 0.349. The standard InChI is InChI=1S/C31H31N3O4/c1-2-37-30(36)31(20-33-18-26(31)29(32)35)17-21-12-14-24(15-13-21)38-19-23-16-28(22-8-4-3-5-9-22)34-27-11-7-6-10-25(23)27/h3-16,26,33H,2,17-20H2,1H3,(H2,32,35)/t26-,31+/m1/s1. The van der Waals surface area contributed by atoms with Crippen molar-refractivity contribution in [3.8, 4) is 17.0 Å². The number of pyridine rings is 1. The number of hydrogen-bond acceptors (Lipinski definition) is 6. The lowest BCUT2D eigenvalue weighted by molar-refractivity contribution is -0.159. The summed E-state index contributed by atoms with van der Waals surface area (Å²) in [6.45, 7) is 3.09. The summed E-state index contributed by atoms with van der Waals surface area (Å²) in [5.41, 5.74) is 9.45. The highest BCUT2D eigenvalue weighted by molar-refractivity contribution is 5.89. The van der Waals surface area contributed by atoms with Gasteiger partial charge in [-0.3, -0.25) is 9.59 Å². The highest BCUT2D eigenvalue weighted by Gasteiger charge is 2.52. The van der Waals surface area contributed by atoms with Gasteiger partial charge in [0, 0.05) is 29.6 Å². The number of aromatic nitrogens is 1. The van der Waals surface area contributed by atoms with E-state index in [0.29, 0.717) is 31.9 Å². The number of esters is 1. The zero-order valence-corrected chi connectivity index (χ0v) is 21.4. The molecule has 7 nitrogen and oxygen atoms in total. The van der Waals surface area contributed by atoms with E-state index in [1.807, 2.05) is 72.8 Å². The summed E-state index contributed by atoms with van der Waals surface area (Å²) in [5.74, 6) is -0.816. The largest absolute Gasteiger partial charge is 0.489 e. The zero-order chi connectivity index (χ0) is 26.5. The van der Waals surface area contributed by atoms with Crippen molar-refractivity contribution < 1.29 is 19.1 Å². The summed E-state index contributed by atoms with van der Waals surface area (Å²) in [6, 6.07) is 27.8. The Balaban J connectivity index is 1.35. The van der Waals surface area contributed by atoms with Crippen LogP contribution in [0.4, 0.5) is 0 Å². The number of amides is 1. The van der Waals surface area contributed by atoms with Crippen molar-refractivity contribution in [2.45, 2.75) is 20.0 Å². The maximum absolute atomic E-state index is 13.0. The lowest BCUT2D eigenvalue weighted by atomic mass is 9.73. The van der Waals surface area contributed by atoms with Crippen molar-refractivity contribution in [1.29, 1.82) is 0 Å². The first kappa shape index (κ1) is 25.4. The molecule has 2 heterocycles. The molecule has 0 aliphatic carbocycles. The molecule has 1 aromatic heterocycles. The normalized spacial score (nSPS) is 18.8. The topological polar surface area (TPSA) is 104 Å². The highest BCUT2D eigenvalue weighted by Crippen LogP contribution is 2.37. The van der Waals surface area contributed by atoms with E-state index >= 15 is 0 Å². The number of para-hydroxylation sites is 1. The SMILES string of the molecule is CCOC(=O)[C@@]1(Cc2ccc(OCc3cc(-c4ccccc4)nc4ccccc34)cc2)CNC[C@@H]1C(N)=O. The Morgan fingerprint density at radius 1 is 1.03 bits per heavy atom. The zero-order valence-electron chi connectivity index (χ0n) is 21.4. The number of nitrogens with two attached hydrogens (primary N) is 1. The summed E-state index contributed by atoms with van der Waals surface area (Å²) in [4.78, 5) is 29.9. The molecule has 0 spiro atoms. The fourth-order valence-corrected chi connectivity index (χ4v) is 5.23. The van der Waals surface area contributed by atoms with Crippen molar-refractivity contribution in [3.63, 3.8) is 0 Å². The number of benzene rings is 3. The number of carbonyl (C=O) groups is 2. The van der Waals surface area contributed by atoms with Gasteiger partial charge in [-0.25, -0.2) is 4.98 Å². The molecule has 1 amide bonds. The molecule has 0 saturated carbocycles. The summed E-state index contributed by atoms with van der Waals surface area (Å²) in [7, 11) is 0. The lowest BCUT2D eigenvalue weighted by Gasteiger charge is -2.30. The molecule has 1 aliphatic heterocycles. The molecular weight excluding hydrogens is 478 g/mol. The molecule has 3 N–H and O–H groups in total. The number of nitrogens with zero attached hydrogens (tertiary/aromatic N) is 1. The van der Waals surface area contributed by atoms with Gasteiger partial charge in [-0.2, -0.15) is 0 Å². The van der Waals surface area contributed by atoms with Gasteiger partial charge in [-0.15, -0.1) is 0 Å². The van der Waals surface area contributed by atoms with E-state index in [0.717, 1.165) is 33.3 Å². The van der Waals surface area contributed by atoms with Gasteiger partial charge in [-0.1, -0.05) is 60.7 Å². The van der Waals surface area contributed by atoms with Crippen LogP contribution in [0.1, 0.15) is 18.1 Å². The van der Waals surface area contributed by atoms with Crippen LogP contribution in [0.5, 0.6) is 5.75 Å². The van der Waals surface area contributed by atoms with Gasteiger partial charge in [-0.05, 0) is 43.2 Å². The molecule has 0 bridgehead atoms. The van der Waals surface area contributed by atoms with E-state index in [1.165, 1.54) is 0 Å². The third-order valence-electron chi connectivity index (χ3n) is 7.19. The molecule has 4 aromatic rings. The van der Waals surface area contributed by atoms with Crippen LogP contribution in [-0.4, -0.2) is 36.6 Å². The van der Waals surface area contributed by atoms with E-state index in [9.17, 15) is 9.59 Å². The molecule has 1 saturated heterocycles. The quantitative estimate of drug-likeness (QED) is 0.327. The molecule has 1 aliphatic rings. The van der Waals surface area contributed by atoms with Gasteiger partial charge in [0.2, 0.25) is 5.91 Å². The molecule has 0 unspecified atom stereocenters. The molecule has 2 atom stereocenters. The second-order valence-corrected chi connectivity index (χ2v) is 9.62. The number of nitrogens with one attached hydrogen (secondary N) is 1. The Kier molecular flexibility index (Phi) is 7.38. The maximum Gasteiger partial charge on any atom is 0.314 e. The lowest BCUT2D eigenvalue weighted by Crippen LogP contribution is -2.47. The van der Waals surface area contributed by atoms with Crippen LogP contribution in [0.3, 0.4) is 0 Å². The Bertz CT molecular complexity index is 1440. The average Bonchev–Trinajstić information content (AvgIpc) is 3.38. The van der Waals surface area contributed by atoms with Gasteiger partial charge >= 0.3 is 5.97 Å². The molecular formula is C31H31N3O4. The Morgan fingerprint density at radius 3 is 2.50 bits per heavy atom. The maximum atomic E-state index is 13.0. The van der Waals surface area contributed by atoms with Crippen LogP contribution in [-0.2, 0) is 27.4 Å². The van der Waals surface area contributed by atoms with Crippen molar-refractivity contribution in [1.82, 2.24) is 10.3 Å². The molecule has 0 radical (unpaired) electrons. The predicted molar refractivity (Wildman–Crippen MR) is 146 cm³/mol. The molecule has 3 aromatic carbocycles. The van der Waals surface area contributed by atoms with E-state index in [-0.39, 0.29) is 6.61 Å². The van der Waals surface area contributed by atoms with Crippen molar-refractivity contribution in [3.05, 3.63) is 96.1 Å². The first-order valence-corrected chi connectivity index (χ1v) is 12.8. The van der Waals surface area contributed by atoms with Gasteiger partial charge in [0.25, 0.3) is 0 Å². The summed E-state index contributed by atoms with van der Waals surface area (Å²) >= 11 is 0. The van der Waals surface area contributed by atoms with Crippen LogP contribution in [0.2, 0.25) is 0 Å². The third kappa shape index (κ3) is 5.10. The molecule has 1 fully saturated rings. The van der Waals surface area contributed by atoms with Crippen LogP contribution < -0.4 is 15.8 Å². The van der Waals surface area contributed by atoms with Gasteiger partial charge in [0.05, 0.1) is 29.2 Å². The van der Waals surface area contributed by atoms with Gasteiger partial charge < -0.3 is 20.5 Å². The molecule has 38 heavy (non-hydrogen) atoms. The van der Waals surface area contributed by atoms with E-state index in [2.05, 4.69) is 17.4 Å². The number of primary amides is 1. The number of ether oxygens (including phenoxy) is 2. The summed E-state index contributed by atoms with van der Waals surface area (Å²) < 4.78 is 11.5. The molecule has 7 heteroatoms. The Morgan fingerprint density at radius 2 is 1.76 bits per heavy atom. The minimum atomic E-state index is -1.02. The number of rotatable bonds is 9. The van der Waals surface area contributed by atoms with Gasteiger partial charge in [0.15, 0.2) is 0 Å². The predicted octanol–water partition coefficient (Wildman–Crippen LogP) is 4.28. The molecule has 5 rings (SSSR count). The smallest absolute Gasteiger partial charge is 0.314 e. The van der Waals surface area contributed by atoms with Crippen LogP contribution in [0, 0.1) is 11.3 Å². The number of hydrogen-bond donors (Lipinski definition) is 2. The van der Waals surface area contributed by atoms with Crippen molar-refractivity contribution in [2.24, 2.45) is 17.1 Å². The monoisotopic (exact) mass is 509 g/mol. The Hall–Kier alpha value is -4.23. The first-order valence-electron chi connectivity index (χ1n) is 12.8. The van der Waals surface area contributed by atoms with Crippen LogP contribution in [0.25, 0.3) is 22.2 Å². The van der Waals surface area contributed by atoms with Crippen LogP contribution in [0.15, 0.2) is 84.9 Å². The fraction of sp³-hybridized carbons (Fsp3) is 0.258.